The average Bonchev–Trinajstić information content (AvgIpc) is 1.91. The van der Waals surface area contributed by atoms with Crippen LogP contribution in [0, 0.1) is 19.9 Å². The van der Waals surface area contributed by atoms with E-state index in [0.717, 1.165) is 0 Å². The van der Waals surface area contributed by atoms with E-state index in [1.165, 1.54) is 5.56 Å². The van der Waals surface area contributed by atoms with Crippen LogP contribution in [0.4, 0.5) is 0 Å². The molecule has 0 N–H and O–H groups in total. The van der Waals surface area contributed by atoms with Gasteiger partial charge in [-0.3, -0.25) is 0 Å². The molecule has 1 aromatic carbocycles. The van der Waals surface area contributed by atoms with Gasteiger partial charge in [0, 0.05) is 0 Å². The van der Waals surface area contributed by atoms with E-state index in [2.05, 4.69) is 19.9 Å². The van der Waals surface area contributed by atoms with Gasteiger partial charge in [-0.25, -0.2) is 0 Å². The smallest absolute Gasteiger partial charge is 0.343 e. The summed E-state index contributed by atoms with van der Waals surface area (Å²) in [6.45, 7) is 4.87. The zero-order valence-corrected chi connectivity index (χ0v) is 8.12. The van der Waals surface area contributed by atoms with E-state index < -0.39 is 0 Å². The van der Waals surface area contributed by atoms with Gasteiger partial charge in [0.1, 0.15) is 0 Å². The second-order valence-electron chi connectivity index (χ2n) is 1.74. The maximum absolute atomic E-state index is 8.69. The van der Waals surface area contributed by atoms with E-state index in [4.69, 9.17) is 4.79 Å². The van der Waals surface area contributed by atoms with Crippen molar-refractivity contribution >= 4 is 29.3 Å². The molecule has 0 radical (unpaired) electrons. The topological polar surface area (TPSA) is 17.1 Å². The zero-order valence-electron chi connectivity index (χ0n) is 6.71. The minimum absolute atomic E-state index is 0. The van der Waals surface area contributed by atoms with Crippen LogP contribution in [-0.4, -0.2) is 29.3 Å². The fourth-order valence-corrected chi connectivity index (χ4v) is 0.470. The predicted molar refractivity (Wildman–Crippen MR) is 47.2 cm³/mol. The van der Waals surface area contributed by atoms with Crippen LogP contribution in [0.1, 0.15) is 5.56 Å². The predicted octanol–water partition coefficient (Wildman–Crippen LogP) is 1.43. The molecule has 2 heteroatoms. The normalized spacial score (nSPS) is 6.64. The molecule has 54 valence electrons. The third kappa shape index (κ3) is 9.53. The first-order valence-electron chi connectivity index (χ1n) is 2.97. The molecule has 0 heterocycles. The standard InChI is InChI=1S/C7H7.C2H3O.Mg/c1-7-5-3-2-4-6-7;1-2-3;/h3-6H,1H3;2H,1H2;/q2*-1;+2. The monoisotopic (exact) mass is 158 g/mol. The average molecular weight is 158 g/mol. The van der Waals surface area contributed by atoms with Crippen LogP contribution in [0.5, 0.6) is 0 Å². The van der Waals surface area contributed by atoms with E-state index >= 15 is 0 Å². The number of aldehydes is 1. The summed E-state index contributed by atoms with van der Waals surface area (Å²) >= 11 is 0. The van der Waals surface area contributed by atoms with Crippen molar-refractivity contribution in [3.05, 3.63) is 42.8 Å². The number of hydrogen-bond donors (Lipinski definition) is 0. The maximum atomic E-state index is 8.69. The van der Waals surface area contributed by atoms with Gasteiger partial charge in [0.2, 0.25) is 0 Å². The molecule has 1 rings (SSSR count). The quantitative estimate of drug-likeness (QED) is 0.317. The Hall–Kier alpha value is -0.474. The Bertz CT molecular complexity index is 172. The number of carbonyl (C=O) groups is 1. The SMILES string of the molecule is Cc1cc[c-]cc1.[CH2-]C=O.[Mg+2]. The molecule has 1 aromatic rings. The van der Waals surface area contributed by atoms with Crippen LogP contribution in [-0.2, 0) is 4.79 Å². The first kappa shape index (κ1) is 13.1. The number of aryl methyl sites for hydroxylation is 1. The van der Waals surface area contributed by atoms with Crippen LogP contribution >= 0.6 is 0 Å². The van der Waals surface area contributed by atoms with Crippen molar-refractivity contribution in [2.24, 2.45) is 0 Å². The summed E-state index contributed by atoms with van der Waals surface area (Å²) in [5, 5.41) is 0. The summed E-state index contributed by atoms with van der Waals surface area (Å²) in [5.74, 6) is 0. The summed E-state index contributed by atoms with van der Waals surface area (Å²) in [7, 11) is 0. The summed E-state index contributed by atoms with van der Waals surface area (Å²) in [6.07, 6.45) is 0.500. The Kier molecular flexibility index (Phi) is 11.4. The second-order valence-corrected chi connectivity index (χ2v) is 1.74. The Morgan fingerprint density at radius 2 is 1.82 bits per heavy atom. The van der Waals surface area contributed by atoms with Gasteiger partial charge in [-0.15, -0.1) is 0 Å². The molecule has 0 aliphatic rings. The first-order chi connectivity index (χ1) is 4.81. The van der Waals surface area contributed by atoms with Crippen molar-refractivity contribution in [1.29, 1.82) is 0 Å². The Labute approximate surface area is 84.0 Å². The van der Waals surface area contributed by atoms with Crippen LogP contribution in [0.25, 0.3) is 0 Å². The van der Waals surface area contributed by atoms with Crippen LogP contribution in [0.2, 0.25) is 0 Å². The third-order valence-electron chi connectivity index (χ3n) is 0.885. The van der Waals surface area contributed by atoms with Crippen molar-refractivity contribution < 1.29 is 4.79 Å². The molecule has 0 saturated heterocycles. The van der Waals surface area contributed by atoms with E-state index in [9.17, 15) is 0 Å². The Morgan fingerprint density at radius 3 is 2.00 bits per heavy atom. The van der Waals surface area contributed by atoms with E-state index in [-0.39, 0.29) is 23.1 Å². The zero-order chi connectivity index (χ0) is 7.82. The van der Waals surface area contributed by atoms with E-state index in [1.54, 1.807) is 0 Å². The molecular formula is C9H10MgO. The molecule has 0 aliphatic heterocycles. The number of hydrogen-bond acceptors (Lipinski definition) is 1. The fourth-order valence-electron chi connectivity index (χ4n) is 0.470. The summed E-state index contributed by atoms with van der Waals surface area (Å²) in [5.41, 5.74) is 1.29. The summed E-state index contributed by atoms with van der Waals surface area (Å²) < 4.78 is 0. The molecule has 0 unspecified atom stereocenters. The van der Waals surface area contributed by atoms with Gasteiger partial charge in [0.25, 0.3) is 0 Å². The van der Waals surface area contributed by atoms with Gasteiger partial charge in [-0.05, 0) is 6.29 Å². The van der Waals surface area contributed by atoms with Gasteiger partial charge in [-0.1, -0.05) is 6.92 Å². The van der Waals surface area contributed by atoms with Gasteiger partial charge < -0.3 is 11.7 Å². The Balaban J connectivity index is 0. The largest absolute Gasteiger partial charge is 2.00 e. The van der Waals surface area contributed by atoms with Gasteiger partial charge >= 0.3 is 23.1 Å². The van der Waals surface area contributed by atoms with Gasteiger partial charge in [0.15, 0.2) is 0 Å². The molecule has 0 aromatic heterocycles. The molecule has 0 bridgehead atoms. The minimum Gasteiger partial charge on any atom is -0.343 e. The van der Waals surface area contributed by atoms with Crippen LogP contribution in [0.15, 0.2) is 24.3 Å². The van der Waals surface area contributed by atoms with E-state index in [0.29, 0.717) is 6.29 Å². The fraction of sp³-hybridized carbons (Fsp3) is 0.111. The number of carbonyl (C=O) groups excluding carboxylic acids is 1. The summed E-state index contributed by atoms with van der Waals surface area (Å²) in [4.78, 5) is 8.69. The third-order valence-corrected chi connectivity index (χ3v) is 0.885. The maximum Gasteiger partial charge on any atom is 2.00 e. The van der Waals surface area contributed by atoms with Crippen LogP contribution in [0.3, 0.4) is 0 Å². The van der Waals surface area contributed by atoms with Crippen molar-refractivity contribution in [1.82, 2.24) is 0 Å². The minimum atomic E-state index is 0. The van der Waals surface area contributed by atoms with E-state index in [1.807, 2.05) is 24.3 Å². The number of rotatable bonds is 0. The molecule has 0 spiro atoms. The molecule has 0 atom stereocenters. The molecule has 0 aliphatic carbocycles. The van der Waals surface area contributed by atoms with Gasteiger partial charge in [-0.2, -0.15) is 35.9 Å². The van der Waals surface area contributed by atoms with Crippen molar-refractivity contribution in [2.45, 2.75) is 6.92 Å². The molecular weight excluding hydrogens is 148 g/mol. The van der Waals surface area contributed by atoms with Gasteiger partial charge in [0.05, 0.1) is 0 Å². The Morgan fingerprint density at radius 1 is 1.45 bits per heavy atom. The molecule has 1 nitrogen and oxygen atoms in total. The molecule has 11 heavy (non-hydrogen) atoms. The second kappa shape index (κ2) is 9.53. The van der Waals surface area contributed by atoms with Crippen molar-refractivity contribution in [3.8, 4) is 0 Å². The first-order valence-corrected chi connectivity index (χ1v) is 2.97. The molecule has 0 saturated carbocycles. The molecule has 0 fully saturated rings. The summed E-state index contributed by atoms with van der Waals surface area (Å²) in [6, 6.07) is 10.8. The number of benzene rings is 1. The molecule has 0 amide bonds. The van der Waals surface area contributed by atoms with Crippen LogP contribution < -0.4 is 0 Å². The van der Waals surface area contributed by atoms with Crippen molar-refractivity contribution in [2.75, 3.05) is 0 Å². The van der Waals surface area contributed by atoms with Crippen molar-refractivity contribution in [3.63, 3.8) is 0 Å².